The highest BCUT2D eigenvalue weighted by molar-refractivity contribution is 5.79. The third-order valence-electron chi connectivity index (χ3n) is 4.48. The van der Waals surface area contributed by atoms with Gasteiger partial charge in [0.2, 0.25) is 0 Å². The van der Waals surface area contributed by atoms with Crippen LogP contribution < -0.4 is 0 Å². The second-order valence-electron chi connectivity index (χ2n) is 6.11. The van der Waals surface area contributed by atoms with Gasteiger partial charge in [0, 0.05) is 17.5 Å². The number of hydrogen-bond acceptors (Lipinski definition) is 2. The molecule has 0 saturated heterocycles. The highest BCUT2D eigenvalue weighted by Crippen LogP contribution is 2.44. The van der Waals surface area contributed by atoms with Crippen molar-refractivity contribution in [3.8, 4) is 0 Å². The van der Waals surface area contributed by atoms with Crippen molar-refractivity contribution < 1.29 is 9.90 Å². The molecule has 1 heterocycles. The summed E-state index contributed by atoms with van der Waals surface area (Å²) in [5, 5.41) is 10.7. The third kappa shape index (κ3) is 2.28. The Morgan fingerprint density at radius 3 is 2.85 bits per heavy atom. The number of carboxylic acid groups (broad SMARTS) is 1. The predicted molar refractivity (Wildman–Crippen MR) is 78.5 cm³/mol. The Morgan fingerprint density at radius 1 is 1.35 bits per heavy atom. The van der Waals surface area contributed by atoms with E-state index in [0.29, 0.717) is 12.3 Å². The fraction of sp³-hybridized carbons (Fsp3) is 0.412. The minimum absolute atomic E-state index is 0.492. The number of pyridine rings is 1. The van der Waals surface area contributed by atoms with Gasteiger partial charge in [-0.25, -0.2) is 0 Å². The summed E-state index contributed by atoms with van der Waals surface area (Å²) in [6.07, 6.45) is 3.06. The highest BCUT2D eigenvalue weighted by atomic mass is 16.4. The second-order valence-corrected chi connectivity index (χ2v) is 6.11. The molecule has 2 aromatic rings. The standard InChI is InChI=1S/C17H19NO2/c1-12-8-9-17(10-12,16(19)20)11-14-7-6-13-4-2-3-5-15(13)18-14/h2-7,12H,8-11H2,1H3,(H,19,20). The fourth-order valence-electron chi connectivity index (χ4n) is 3.38. The number of aromatic nitrogens is 1. The summed E-state index contributed by atoms with van der Waals surface area (Å²) < 4.78 is 0. The molecule has 2 unspecified atom stereocenters. The van der Waals surface area contributed by atoms with Crippen LogP contribution in [0, 0.1) is 11.3 Å². The molecule has 1 aromatic heterocycles. The van der Waals surface area contributed by atoms with Crippen molar-refractivity contribution in [1.82, 2.24) is 4.98 Å². The molecule has 2 atom stereocenters. The van der Waals surface area contributed by atoms with Gasteiger partial charge in [-0.2, -0.15) is 0 Å². The summed E-state index contributed by atoms with van der Waals surface area (Å²) in [4.78, 5) is 16.3. The quantitative estimate of drug-likeness (QED) is 0.925. The average Bonchev–Trinajstić information content (AvgIpc) is 2.81. The van der Waals surface area contributed by atoms with Gasteiger partial charge < -0.3 is 5.11 Å². The molecular weight excluding hydrogens is 250 g/mol. The summed E-state index contributed by atoms with van der Waals surface area (Å²) in [6, 6.07) is 12.0. The van der Waals surface area contributed by atoms with Gasteiger partial charge in [-0.1, -0.05) is 31.2 Å². The van der Waals surface area contributed by atoms with E-state index in [0.717, 1.165) is 35.9 Å². The Balaban J connectivity index is 1.93. The topological polar surface area (TPSA) is 50.2 Å². The van der Waals surface area contributed by atoms with Crippen molar-refractivity contribution in [1.29, 1.82) is 0 Å². The lowest BCUT2D eigenvalue weighted by molar-refractivity contribution is -0.148. The first-order valence-electron chi connectivity index (χ1n) is 7.17. The Kier molecular flexibility index (Phi) is 3.20. The molecule has 1 aliphatic rings. The van der Waals surface area contributed by atoms with Gasteiger partial charge in [-0.05, 0) is 37.3 Å². The third-order valence-corrected chi connectivity index (χ3v) is 4.48. The summed E-state index contributed by atoms with van der Waals surface area (Å²) in [5.41, 5.74) is 1.21. The zero-order chi connectivity index (χ0) is 14.2. The monoisotopic (exact) mass is 269 g/mol. The van der Waals surface area contributed by atoms with Gasteiger partial charge in [-0.15, -0.1) is 0 Å². The minimum atomic E-state index is -0.670. The van der Waals surface area contributed by atoms with Crippen LogP contribution in [0.1, 0.15) is 31.9 Å². The van der Waals surface area contributed by atoms with E-state index in [-0.39, 0.29) is 0 Å². The van der Waals surface area contributed by atoms with Crippen molar-refractivity contribution in [2.45, 2.75) is 32.6 Å². The number of hydrogen-bond donors (Lipinski definition) is 1. The smallest absolute Gasteiger partial charge is 0.310 e. The van der Waals surface area contributed by atoms with E-state index in [9.17, 15) is 9.90 Å². The molecule has 20 heavy (non-hydrogen) atoms. The van der Waals surface area contributed by atoms with Crippen LogP contribution in [0.5, 0.6) is 0 Å². The molecule has 3 nitrogen and oxygen atoms in total. The molecule has 0 aliphatic heterocycles. The van der Waals surface area contributed by atoms with E-state index < -0.39 is 11.4 Å². The fourth-order valence-corrected chi connectivity index (χ4v) is 3.38. The Hall–Kier alpha value is -1.90. The number of nitrogens with zero attached hydrogens (tertiary/aromatic N) is 1. The average molecular weight is 269 g/mol. The van der Waals surface area contributed by atoms with Gasteiger partial charge in [0.15, 0.2) is 0 Å². The van der Waals surface area contributed by atoms with Crippen molar-refractivity contribution in [2.24, 2.45) is 11.3 Å². The number of fused-ring (bicyclic) bond motifs is 1. The van der Waals surface area contributed by atoms with E-state index in [1.54, 1.807) is 0 Å². The first kappa shape index (κ1) is 13.1. The normalized spacial score (nSPS) is 25.9. The van der Waals surface area contributed by atoms with Crippen molar-refractivity contribution in [3.05, 3.63) is 42.1 Å². The molecule has 104 valence electrons. The first-order valence-corrected chi connectivity index (χ1v) is 7.17. The van der Waals surface area contributed by atoms with Crippen LogP contribution in [0.25, 0.3) is 10.9 Å². The molecule has 3 rings (SSSR count). The highest BCUT2D eigenvalue weighted by Gasteiger charge is 2.44. The summed E-state index contributed by atoms with van der Waals surface area (Å²) >= 11 is 0. The maximum Gasteiger partial charge on any atom is 0.310 e. The van der Waals surface area contributed by atoms with E-state index >= 15 is 0 Å². The molecule has 0 radical (unpaired) electrons. The zero-order valence-corrected chi connectivity index (χ0v) is 11.7. The van der Waals surface area contributed by atoms with Crippen molar-refractivity contribution in [3.63, 3.8) is 0 Å². The largest absolute Gasteiger partial charge is 0.481 e. The van der Waals surface area contributed by atoms with Gasteiger partial charge in [0.05, 0.1) is 10.9 Å². The van der Waals surface area contributed by atoms with Crippen LogP contribution in [0.2, 0.25) is 0 Å². The molecule has 1 aliphatic carbocycles. The Bertz CT molecular complexity index is 652. The molecular formula is C17H19NO2. The van der Waals surface area contributed by atoms with E-state index in [1.165, 1.54) is 0 Å². The molecule has 1 N–H and O–H groups in total. The minimum Gasteiger partial charge on any atom is -0.481 e. The van der Waals surface area contributed by atoms with Gasteiger partial charge >= 0.3 is 5.97 Å². The summed E-state index contributed by atoms with van der Waals surface area (Å²) in [5.74, 6) is -0.177. The zero-order valence-electron chi connectivity index (χ0n) is 11.7. The molecule has 0 amide bonds. The molecule has 1 saturated carbocycles. The summed E-state index contributed by atoms with van der Waals surface area (Å²) in [7, 11) is 0. The number of rotatable bonds is 3. The Morgan fingerprint density at radius 2 is 2.15 bits per heavy atom. The van der Waals surface area contributed by atoms with Crippen molar-refractivity contribution in [2.75, 3.05) is 0 Å². The number of aliphatic carboxylic acids is 1. The first-order chi connectivity index (χ1) is 9.59. The number of carbonyl (C=O) groups is 1. The molecule has 3 heteroatoms. The summed E-state index contributed by atoms with van der Waals surface area (Å²) in [6.45, 7) is 2.14. The van der Waals surface area contributed by atoms with Crippen molar-refractivity contribution >= 4 is 16.9 Å². The van der Waals surface area contributed by atoms with Gasteiger partial charge in [-0.3, -0.25) is 9.78 Å². The van der Waals surface area contributed by atoms with Gasteiger partial charge in [0.25, 0.3) is 0 Å². The van der Waals surface area contributed by atoms with Crippen LogP contribution in [0.15, 0.2) is 36.4 Å². The second kappa shape index (κ2) is 4.89. The Labute approximate surface area is 118 Å². The number of para-hydroxylation sites is 1. The lowest BCUT2D eigenvalue weighted by Crippen LogP contribution is -2.31. The SMILES string of the molecule is CC1CCC(Cc2ccc3ccccc3n2)(C(=O)O)C1. The van der Waals surface area contributed by atoms with Crippen LogP contribution in [0.4, 0.5) is 0 Å². The van der Waals surface area contributed by atoms with E-state index in [1.807, 2.05) is 36.4 Å². The van der Waals surface area contributed by atoms with E-state index in [2.05, 4.69) is 11.9 Å². The molecule has 1 fully saturated rings. The predicted octanol–water partition coefficient (Wildman–Crippen LogP) is 3.67. The lowest BCUT2D eigenvalue weighted by Gasteiger charge is -2.23. The maximum atomic E-state index is 11.7. The number of carboxylic acids is 1. The van der Waals surface area contributed by atoms with Gasteiger partial charge in [0.1, 0.15) is 0 Å². The van der Waals surface area contributed by atoms with Crippen LogP contribution in [-0.2, 0) is 11.2 Å². The van der Waals surface area contributed by atoms with Crippen LogP contribution >= 0.6 is 0 Å². The number of benzene rings is 1. The lowest BCUT2D eigenvalue weighted by atomic mass is 9.80. The molecule has 1 aromatic carbocycles. The maximum absolute atomic E-state index is 11.7. The molecule has 0 spiro atoms. The van der Waals surface area contributed by atoms with Crippen LogP contribution in [-0.4, -0.2) is 16.1 Å². The molecule has 0 bridgehead atoms. The van der Waals surface area contributed by atoms with E-state index in [4.69, 9.17) is 0 Å². The van der Waals surface area contributed by atoms with Crippen LogP contribution in [0.3, 0.4) is 0 Å².